The maximum atomic E-state index is 6.00. The minimum atomic E-state index is 0.381. The van der Waals surface area contributed by atoms with Crippen molar-refractivity contribution >= 4 is 11.6 Å². The van der Waals surface area contributed by atoms with Crippen LogP contribution in [0.25, 0.3) is 0 Å². The smallest absolute Gasteiger partial charge is 0.135 e. The number of ether oxygens (including phenoxy) is 1. The summed E-state index contributed by atoms with van der Waals surface area (Å²) in [6.45, 7) is 0. The van der Waals surface area contributed by atoms with E-state index in [0.29, 0.717) is 12.0 Å². The molecule has 1 aromatic carbocycles. The van der Waals surface area contributed by atoms with Gasteiger partial charge < -0.3 is 4.74 Å². The van der Waals surface area contributed by atoms with Crippen molar-refractivity contribution in [3.63, 3.8) is 0 Å². The molecular formula is C15H17ClO. The average Bonchev–Trinajstić information content (AvgIpc) is 2.84. The van der Waals surface area contributed by atoms with Crippen molar-refractivity contribution in [3.05, 3.63) is 29.8 Å². The Kier molecular flexibility index (Phi) is 4.76. The van der Waals surface area contributed by atoms with Gasteiger partial charge in [0.15, 0.2) is 0 Å². The summed E-state index contributed by atoms with van der Waals surface area (Å²) in [5.74, 6) is 7.68. The first-order chi connectivity index (χ1) is 8.40. The monoisotopic (exact) mass is 248 g/mol. The second kappa shape index (κ2) is 6.57. The van der Waals surface area contributed by atoms with Crippen LogP contribution in [-0.2, 0) is 0 Å². The zero-order chi connectivity index (χ0) is 11.9. The fourth-order valence-electron chi connectivity index (χ4n) is 2.06. The van der Waals surface area contributed by atoms with Crippen molar-refractivity contribution in [3.8, 4) is 17.6 Å². The average molecular weight is 249 g/mol. The zero-order valence-corrected chi connectivity index (χ0v) is 10.7. The summed E-state index contributed by atoms with van der Waals surface area (Å²) in [5.41, 5.74) is 0.976. The van der Waals surface area contributed by atoms with Crippen LogP contribution in [0.4, 0.5) is 0 Å². The van der Waals surface area contributed by atoms with Gasteiger partial charge in [-0.15, -0.1) is 11.6 Å². The lowest BCUT2D eigenvalue weighted by atomic mass is 10.2. The Morgan fingerprint density at radius 3 is 2.76 bits per heavy atom. The molecule has 0 saturated heterocycles. The van der Waals surface area contributed by atoms with Crippen LogP contribution in [0, 0.1) is 11.8 Å². The van der Waals surface area contributed by atoms with Crippen LogP contribution in [0.1, 0.15) is 37.7 Å². The highest BCUT2D eigenvalue weighted by Crippen LogP contribution is 2.26. The van der Waals surface area contributed by atoms with Crippen LogP contribution in [-0.4, -0.2) is 12.0 Å². The van der Waals surface area contributed by atoms with E-state index in [2.05, 4.69) is 11.8 Å². The number of para-hydroxylation sites is 1. The Balaban J connectivity index is 2.07. The second-order valence-electron chi connectivity index (χ2n) is 4.26. The Labute approximate surface area is 108 Å². The molecule has 0 radical (unpaired) electrons. The van der Waals surface area contributed by atoms with Gasteiger partial charge >= 0.3 is 0 Å². The molecule has 0 aromatic heterocycles. The molecule has 2 heteroatoms. The van der Waals surface area contributed by atoms with Gasteiger partial charge in [-0.3, -0.25) is 0 Å². The number of rotatable bonds is 3. The van der Waals surface area contributed by atoms with Crippen molar-refractivity contribution in [1.82, 2.24) is 0 Å². The lowest BCUT2D eigenvalue weighted by molar-refractivity contribution is 0.209. The lowest BCUT2D eigenvalue weighted by Gasteiger charge is -2.14. The SMILES string of the molecule is ClCCC#Cc1ccccc1OC1CCCC1. The zero-order valence-electron chi connectivity index (χ0n) is 9.92. The van der Waals surface area contributed by atoms with Crippen molar-refractivity contribution in [2.45, 2.75) is 38.2 Å². The number of hydrogen-bond acceptors (Lipinski definition) is 1. The summed E-state index contributed by atoms with van der Waals surface area (Å²) in [6.07, 6.45) is 6.01. The third-order valence-electron chi connectivity index (χ3n) is 2.93. The Hall–Kier alpha value is -1.13. The van der Waals surface area contributed by atoms with Crippen molar-refractivity contribution < 1.29 is 4.74 Å². The molecule has 1 aliphatic rings. The highest BCUT2D eigenvalue weighted by atomic mass is 35.5. The second-order valence-corrected chi connectivity index (χ2v) is 4.64. The largest absolute Gasteiger partial charge is 0.489 e. The minimum Gasteiger partial charge on any atom is -0.489 e. The molecule has 1 aliphatic carbocycles. The molecule has 0 bridgehead atoms. The van der Waals surface area contributed by atoms with Gasteiger partial charge in [0.25, 0.3) is 0 Å². The van der Waals surface area contributed by atoms with Crippen LogP contribution < -0.4 is 4.74 Å². The van der Waals surface area contributed by atoms with Crippen molar-refractivity contribution in [2.24, 2.45) is 0 Å². The number of halogens is 1. The molecule has 0 atom stereocenters. The number of benzene rings is 1. The van der Waals surface area contributed by atoms with E-state index in [1.165, 1.54) is 25.7 Å². The maximum absolute atomic E-state index is 6.00. The van der Waals surface area contributed by atoms with E-state index in [1.54, 1.807) is 0 Å². The maximum Gasteiger partial charge on any atom is 0.135 e. The molecule has 1 aromatic rings. The molecule has 1 fully saturated rings. The third kappa shape index (κ3) is 3.68. The van der Waals surface area contributed by atoms with E-state index in [0.717, 1.165) is 17.7 Å². The first-order valence-corrected chi connectivity index (χ1v) is 6.74. The summed E-state index contributed by atoms with van der Waals surface area (Å²) in [6, 6.07) is 8.00. The summed E-state index contributed by atoms with van der Waals surface area (Å²) < 4.78 is 6.00. The Bertz CT molecular complexity index is 410. The summed E-state index contributed by atoms with van der Waals surface area (Å²) in [4.78, 5) is 0. The molecule has 90 valence electrons. The molecule has 0 spiro atoms. The molecular weight excluding hydrogens is 232 g/mol. The van der Waals surface area contributed by atoms with Crippen LogP contribution in [0.5, 0.6) is 5.75 Å². The van der Waals surface area contributed by atoms with E-state index in [1.807, 2.05) is 24.3 Å². The van der Waals surface area contributed by atoms with Crippen LogP contribution in [0.3, 0.4) is 0 Å². The fourth-order valence-corrected chi connectivity index (χ4v) is 2.16. The van der Waals surface area contributed by atoms with E-state index in [9.17, 15) is 0 Å². The summed E-state index contributed by atoms with van der Waals surface area (Å²) in [5, 5.41) is 0. The van der Waals surface area contributed by atoms with E-state index < -0.39 is 0 Å². The molecule has 0 heterocycles. The molecule has 0 unspecified atom stereocenters. The molecule has 17 heavy (non-hydrogen) atoms. The van der Waals surface area contributed by atoms with Gasteiger partial charge in [0.2, 0.25) is 0 Å². The molecule has 0 aliphatic heterocycles. The molecule has 1 saturated carbocycles. The lowest BCUT2D eigenvalue weighted by Crippen LogP contribution is -2.11. The fraction of sp³-hybridized carbons (Fsp3) is 0.467. The van der Waals surface area contributed by atoms with Gasteiger partial charge in [-0.1, -0.05) is 24.0 Å². The van der Waals surface area contributed by atoms with Gasteiger partial charge in [0.1, 0.15) is 5.75 Å². The predicted molar refractivity (Wildman–Crippen MR) is 71.5 cm³/mol. The Morgan fingerprint density at radius 2 is 2.00 bits per heavy atom. The minimum absolute atomic E-state index is 0.381. The van der Waals surface area contributed by atoms with E-state index in [-0.39, 0.29) is 0 Å². The van der Waals surface area contributed by atoms with Gasteiger partial charge in [0, 0.05) is 12.3 Å². The van der Waals surface area contributed by atoms with Crippen molar-refractivity contribution in [1.29, 1.82) is 0 Å². The summed E-state index contributed by atoms with van der Waals surface area (Å²) in [7, 11) is 0. The molecule has 1 nitrogen and oxygen atoms in total. The molecule has 0 amide bonds. The van der Waals surface area contributed by atoms with E-state index in [4.69, 9.17) is 16.3 Å². The molecule has 2 rings (SSSR count). The van der Waals surface area contributed by atoms with Gasteiger partial charge in [-0.05, 0) is 37.8 Å². The number of hydrogen-bond donors (Lipinski definition) is 0. The van der Waals surface area contributed by atoms with Gasteiger partial charge in [-0.2, -0.15) is 0 Å². The highest BCUT2D eigenvalue weighted by molar-refractivity contribution is 6.18. The Morgan fingerprint density at radius 1 is 1.24 bits per heavy atom. The van der Waals surface area contributed by atoms with Crippen molar-refractivity contribution in [2.75, 3.05) is 5.88 Å². The summed E-state index contributed by atoms with van der Waals surface area (Å²) >= 11 is 5.61. The number of alkyl halides is 1. The van der Waals surface area contributed by atoms with Gasteiger partial charge in [0.05, 0.1) is 11.7 Å². The van der Waals surface area contributed by atoms with Crippen LogP contribution >= 0.6 is 11.6 Å². The predicted octanol–water partition coefficient (Wildman–Crippen LogP) is 3.99. The molecule has 0 N–H and O–H groups in total. The first-order valence-electron chi connectivity index (χ1n) is 6.20. The van der Waals surface area contributed by atoms with Gasteiger partial charge in [-0.25, -0.2) is 0 Å². The van der Waals surface area contributed by atoms with Crippen LogP contribution in [0.2, 0.25) is 0 Å². The highest BCUT2D eigenvalue weighted by Gasteiger charge is 2.17. The van der Waals surface area contributed by atoms with Crippen LogP contribution in [0.15, 0.2) is 24.3 Å². The van der Waals surface area contributed by atoms with E-state index >= 15 is 0 Å². The normalized spacial score (nSPS) is 15.4. The third-order valence-corrected chi connectivity index (χ3v) is 3.11. The first kappa shape index (κ1) is 12.3. The topological polar surface area (TPSA) is 9.23 Å². The standard InChI is InChI=1S/C15H17ClO/c16-12-6-5-8-13-7-1-4-11-15(13)17-14-9-2-3-10-14/h1,4,7,11,14H,2-3,6,9-10,12H2. The quantitative estimate of drug-likeness (QED) is 0.581.